The Labute approximate surface area is 189 Å². The first-order valence-electron chi connectivity index (χ1n) is 9.92. The predicted molar refractivity (Wildman–Crippen MR) is 126 cm³/mol. The number of hydrogen-bond acceptors (Lipinski definition) is 4. The summed E-state index contributed by atoms with van der Waals surface area (Å²) in [4.78, 5) is 12.7. The highest BCUT2D eigenvalue weighted by molar-refractivity contribution is 7.92. The van der Waals surface area contributed by atoms with E-state index >= 15 is 0 Å². The van der Waals surface area contributed by atoms with Crippen molar-refractivity contribution in [1.29, 1.82) is 0 Å². The van der Waals surface area contributed by atoms with Crippen LogP contribution in [0.15, 0.2) is 76.4 Å². The largest absolute Gasteiger partial charge is 0.308 e. The quantitative estimate of drug-likeness (QED) is 0.426. The van der Waals surface area contributed by atoms with Crippen molar-refractivity contribution in [2.24, 2.45) is 0 Å². The van der Waals surface area contributed by atoms with Crippen LogP contribution in [0, 0.1) is 0 Å². The third kappa shape index (κ3) is 3.56. The maximum atomic E-state index is 13.4. The van der Waals surface area contributed by atoms with Crippen LogP contribution in [0.3, 0.4) is 0 Å². The van der Waals surface area contributed by atoms with Gasteiger partial charge in [0, 0.05) is 11.6 Å². The van der Waals surface area contributed by atoms with Crippen LogP contribution in [0.4, 0.5) is 5.69 Å². The minimum atomic E-state index is -3.73. The summed E-state index contributed by atoms with van der Waals surface area (Å²) >= 11 is 7.31. The van der Waals surface area contributed by atoms with Gasteiger partial charge < -0.3 is 0 Å². The second-order valence-corrected chi connectivity index (χ2v) is 10.7. The van der Waals surface area contributed by atoms with Crippen molar-refractivity contribution in [1.82, 2.24) is 4.57 Å². The maximum absolute atomic E-state index is 13.4. The van der Waals surface area contributed by atoms with E-state index in [0.717, 1.165) is 41.0 Å². The van der Waals surface area contributed by atoms with E-state index in [0.29, 0.717) is 28.3 Å². The number of rotatable bonds is 4. The molecule has 0 fully saturated rings. The molecule has 0 N–H and O–H groups in total. The van der Waals surface area contributed by atoms with Gasteiger partial charge in [0.15, 0.2) is 0 Å². The molecule has 4 aromatic rings. The van der Waals surface area contributed by atoms with Gasteiger partial charge in [0.1, 0.15) is 0 Å². The maximum Gasteiger partial charge on any atom is 0.308 e. The van der Waals surface area contributed by atoms with Crippen LogP contribution < -0.4 is 9.18 Å². The molecule has 0 unspecified atom stereocenters. The minimum absolute atomic E-state index is 0.146. The lowest BCUT2D eigenvalue weighted by Gasteiger charge is -2.30. The number of anilines is 1. The standard InChI is InChI=1S/C23H19ClN2O3S2/c24-19-9-3-1-7-17(19)15-25-21-12-11-18(14-22(21)30-23(25)27)31(28,29)26-13-5-8-16-6-2-4-10-20(16)26/h1-4,6-7,9-12,14H,5,8,13,15H2. The molecule has 8 heteroatoms. The van der Waals surface area contributed by atoms with Crippen molar-refractivity contribution in [3.8, 4) is 0 Å². The molecule has 0 radical (unpaired) electrons. The summed E-state index contributed by atoms with van der Waals surface area (Å²) in [6.45, 7) is 0.783. The zero-order valence-electron chi connectivity index (χ0n) is 16.5. The van der Waals surface area contributed by atoms with Gasteiger partial charge in [0.05, 0.1) is 27.3 Å². The second kappa shape index (κ2) is 7.82. The van der Waals surface area contributed by atoms with Gasteiger partial charge in [-0.3, -0.25) is 13.7 Å². The molecule has 1 aliphatic heterocycles. The molecule has 0 bridgehead atoms. The molecule has 0 saturated heterocycles. The monoisotopic (exact) mass is 470 g/mol. The van der Waals surface area contributed by atoms with Gasteiger partial charge in [-0.05, 0) is 54.3 Å². The van der Waals surface area contributed by atoms with Crippen LogP contribution in [-0.2, 0) is 23.0 Å². The summed E-state index contributed by atoms with van der Waals surface area (Å²) < 4.78 is 30.7. The minimum Gasteiger partial charge on any atom is -0.294 e. The molecule has 31 heavy (non-hydrogen) atoms. The zero-order chi connectivity index (χ0) is 21.6. The number of nitrogens with zero attached hydrogens (tertiary/aromatic N) is 2. The molecular formula is C23H19ClN2O3S2. The van der Waals surface area contributed by atoms with E-state index in [-0.39, 0.29) is 9.77 Å². The van der Waals surface area contributed by atoms with Crippen LogP contribution >= 0.6 is 22.9 Å². The van der Waals surface area contributed by atoms with Gasteiger partial charge >= 0.3 is 4.87 Å². The Balaban J connectivity index is 1.56. The number of thiazole rings is 1. The van der Waals surface area contributed by atoms with Crippen molar-refractivity contribution in [3.63, 3.8) is 0 Å². The van der Waals surface area contributed by atoms with E-state index in [9.17, 15) is 13.2 Å². The van der Waals surface area contributed by atoms with E-state index in [2.05, 4.69) is 0 Å². The highest BCUT2D eigenvalue weighted by Gasteiger charge is 2.29. The van der Waals surface area contributed by atoms with E-state index in [1.54, 1.807) is 28.8 Å². The third-order valence-corrected chi connectivity index (χ3v) is 8.70. The van der Waals surface area contributed by atoms with Gasteiger partial charge in [-0.1, -0.05) is 59.3 Å². The van der Waals surface area contributed by atoms with E-state index in [1.165, 1.54) is 4.31 Å². The molecule has 3 aromatic carbocycles. The lowest BCUT2D eigenvalue weighted by atomic mass is 10.0. The van der Waals surface area contributed by atoms with Crippen LogP contribution in [0.5, 0.6) is 0 Å². The normalized spacial score (nSPS) is 14.0. The fourth-order valence-corrected chi connectivity index (χ4v) is 6.80. The summed E-state index contributed by atoms with van der Waals surface area (Å²) in [5.74, 6) is 0. The van der Waals surface area contributed by atoms with Crippen LogP contribution in [-0.4, -0.2) is 19.5 Å². The Morgan fingerprint density at radius 3 is 2.61 bits per heavy atom. The zero-order valence-corrected chi connectivity index (χ0v) is 18.9. The molecule has 0 aliphatic carbocycles. The van der Waals surface area contributed by atoms with Crippen molar-refractivity contribution >= 4 is 48.9 Å². The van der Waals surface area contributed by atoms with Crippen molar-refractivity contribution < 1.29 is 8.42 Å². The first-order chi connectivity index (χ1) is 14.9. The first kappa shape index (κ1) is 20.3. The van der Waals surface area contributed by atoms with Crippen LogP contribution in [0.25, 0.3) is 10.2 Å². The Morgan fingerprint density at radius 2 is 1.77 bits per heavy atom. The highest BCUT2D eigenvalue weighted by Crippen LogP contribution is 2.33. The van der Waals surface area contributed by atoms with Gasteiger partial charge in [0.25, 0.3) is 10.0 Å². The number of fused-ring (bicyclic) bond motifs is 2. The molecule has 5 nitrogen and oxygen atoms in total. The van der Waals surface area contributed by atoms with Crippen molar-refractivity contribution in [3.05, 3.63) is 92.5 Å². The summed E-state index contributed by atoms with van der Waals surface area (Å²) in [5, 5.41) is 0.594. The molecule has 0 spiro atoms. The molecule has 0 amide bonds. The fourth-order valence-electron chi connectivity index (χ4n) is 4.03. The third-order valence-electron chi connectivity index (χ3n) is 5.58. The fraction of sp³-hybridized carbons (Fsp3) is 0.174. The number of halogens is 1. The van der Waals surface area contributed by atoms with Gasteiger partial charge in [-0.2, -0.15) is 0 Å². The van der Waals surface area contributed by atoms with Gasteiger partial charge in [-0.15, -0.1) is 0 Å². The Hall–Kier alpha value is -2.61. The molecule has 1 aromatic heterocycles. The lowest BCUT2D eigenvalue weighted by molar-refractivity contribution is 0.586. The van der Waals surface area contributed by atoms with Crippen LogP contribution in [0.1, 0.15) is 17.5 Å². The predicted octanol–water partition coefficient (Wildman–Crippen LogP) is 4.91. The average Bonchev–Trinajstić information content (AvgIpc) is 3.09. The van der Waals surface area contributed by atoms with Crippen molar-refractivity contribution in [2.45, 2.75) is 24.3 Å². The average molecular weight is 471 g/mol. The summed E-state index contributed by atoms with van der Waals surface area (Å²) in [6.07, 6.45) is 1.65. The lowest BCUT2D eigenvalue weighted by Crippen LogP contribution is -2.35. The first-order valence-corrected chi connectivity index (χ1v) is 12.6. The SMILES string of the molecule is O=c1sc2cc(S(=O)(=O)N3CCCc4ccccc43)ccc2n1Cc1ccccc1Cl. The highest BCUT2D eigenvalue weighted by atomic mass is 35.5. The topological polar surface area (TPSA) is 59.4 Å². The molecule has 158 valence electrons. The molecule has 0 saturated carbocycles. The molecule has 1 aliphatic rings. The van der Waals surface area contributed by atoms with Gasteiger partial charge in [-0.25, -0.2) is 8.42 Å². The van der Waals surface area contributed by atoms with E-state index < -0.39 is 10.0 Å². The Morgan fingerprint density at radius 1 is 1.00 bits per heavy atom. The Bertz CT molecular complexity index is 1460. The number of hydrogen-bond donors (Lipinski definition) is 0. The molecule has 2 heterocycles. The molecule has 0 atom stereocenters. The van der Waals surface area contributed by atoms with Crippen molar-refractivity contribution in [2.75, 3.05) is 10.8 Å². The van der Waals surface area contributed by atoms with E-state index in [1.807, 2.05) is 42.5 Å². The number of sulfonamides is 1. The number of benzene rings is 3. The number of aromatic nitrogens is 1. The molecular weight excluding hydrogens is 452 g/mol. The number of para-hydroxylation sites is 1. The van der Waals surface area contributed by atoms with Gasteiger partial charge in [0.2, 0.25) is 0 Å². The second-order valence-electron chi connectivity index (χ2n) is 7.48. The van der Waals surface area contributed by atoms with E-state index in [4.69, 9.17) is 11.6 Å². The summed E-state index contributed by atoms with van der Waals surface area (Å²) in [6, 6.07) is 19.9. The van der Waals surface area contributed by atoms with Crippen LogP contribution in [0.2, 0.25) is 5.02 Å². The number of aryl methyl sites for hydroxylation is 1. The summed E-state index contributed by atoms with van der Waals surface area (Å²) in [5.41, 5.74) is 3.31. The smallest absolute Gasteiger partial charge is 0.294 e. The Kier molecular flexibility index (Phi) is 5.12. The summed E-state index contributed by atoms with van der Waals surface area (Å²) in [7, 11) is -3.73. The molecule has 5 rings (SSSR count).